The Bertz CT molecular complexity index is 471. The number of amides is 1. The Labute approximate surface area is 112 Å². The van der Waals surface area contributed by atoms with Gasteiger partial charge in [-0.15, -0.1) is 12.4 Å². The summed E-state index contributed by atoms with van der Waals surface area (Å²) in [5, 5.41) is 2.73. The Morgan fingerprint density at radius 2 is 1.94 bits per heavy atom. The fourth-order valence-corrected chi connectivity index (χ4v) is 1.51. The van der Waals surface area contributed by atoms with Crippen molar-refractivity contribution >= 4 is 18.3 Å². The molecule has 1 aromatic carbocycles. The van der Waals surface area contributed by atoms with Crippen LogP contribution in [0.2, 0.25) is 0 Å². The van der Waals surface area contributed by atoms with Crippen LogP contribution in [0.4, 0.5) is 0 Å². The Kier molecular flexibility index (Phi) is 5.42. The molecule has 0 bridgehead atoms. The predicted octanol–water partition coefficient (Wildman–Crippen LogP) is 2.02. The minimum absolute atomic E-state index is 0. The van der Waals surface area contributed by atoms with Gasteiger partial charge >= 0.3 is 0 Å². The highest BCUT2D eigenvalue weighted by molar-refractivity contribution is 5.85. The Morgan fingerprint density at radius 3 is 2.56 bits per heavy atom. The quantitative estimate of drug-likeness (QED) is 0.890. The molecule has 96 valence electrons. The Balaban J connectivity index is 0.00000162. The van der Waals surface area contributed by atoms with Crippen LogP contribution in [-0.4, -0.2) is 5.91 Å². The van der Waals surface area contributed by atoms with Gasteiger partial charge in [0.05, 0.1) is 12.8 Å². The fourth-order valence-electron chi connectivity index (χ4n) is 1.51. The van der Waals surface area contributed by atoms with Crippen LogP contribution >= 0.6 is 12.4 Å². The minimum Gasteiger partial charge on any atom is -0.467 e. The van der Waals surface area contributed by atoms with E-state index in [1.165, 1.54) is 0 Å². The topological polar surface area (TPSA) is 68.3 Å². The Hall–Kier alpha value is -1.78. The van der Waals surface area contributed by atoms with Crippen LogP contribution in [0.5, 0.6) is 0 Å². The first kappa shape index (κ1) is 14.3. The summed E-state index contributed by atoms with van der Waals surface area (Å²) in [6, 6.07) is 12.2. The number of benzene rings is 1. The molecule has 0 saturated carbocycles. The molecule has 1 unspecified atom stereocenters. The molecule has 1 amide bonds. The van der Waals surface area contributed by atoms with Gasteiger partial charge in [-0.05, 0) is 17.7 Å². The maximum absolute atomic E-state index is 11.8. The van der Waals surface area contributed by atoms with Crippen molar-refractivity contribution in [3.8, 4) is 0 Å². The van der Waals surface area contributed by atoms with Gasteiger partial charge in [-0.2, -0.15) is 0 Å². The van der Waals surface area contributed by atoms with Crippen molar-refractivity contribution in [2.75, 3.05) is 0 Å². The van der Waals surface area contributed by atoms with Crippen LogP contribution in [0, 0.1) is 0 Å². The number of nitrogens with two attached hydrogens (primary N) is 1. The van der Waals surface area contributed by atoms with Gasteiger partial charge in [-0.25, -0.2) is 0 Å². The molecule has 0 aliphatic rings. The van der Waals surface area contributed by atoms with Crippen molar-refractivity contribution in [2.45, 2.75) is 12.6 Å². The van der Waals surface area contributed by atoms with Crippen molar-refractivity contribution in [2.24, 2.45) is 5.73 Å². The number of carbonyl (C=O) groups is 1. The molecule has 2 rings (SSSR count). The second-order valence-electron chi connectivity index (χ2n) is 3.69. The maximum Gasteiger partial charge on any atom is 0.241 e. The van der Waals surface area contributed by atoms with Gasteiger partial charge in [0, 0.05) is 0 Å². The van der Waals surface area contributed by atoms with Crippen LogP contribution in [0.1, 0.15) is 17.4 Å². The van der Waals surface area contributed by atoms with E-state index < -0.39 is 6.04 Å². The third kappa shape index (κ3) is 3.61. The predicted molar refractivity (Wildman–Crippen MR) is 71.2 cm³/mol. The van der Waals surface area contributed by atoms with Crippen LogP contribution in [-0.2, 0) is 11.3 Å². The highest BCUT2D eigenvalue weighted by atomic mass is 35.5. The van der Waals surface area contributed by atoms with E-state index in [2.05, 4.69) is 5.32 Å². The first-order chi connectivity index (χ1) is 8.27. The van der Waals surface area contributed by atoms with Gasteiger partial charge in [0.15, 0.2) is 0 Å². The molecule has 0 radical (unpaired) electrons. The standard InChI is InChI=1S/C13H14N2O2.ClH/c14-12(10-5-2-1-3-6-10)13(16)15-9-11-7-4-8-17-11;/h1-8,12H,9,14H2,(H,15,16);1H. The fraction of sp³-hybridized carbons (Fsp3) is 0.154. The second-order valence-corrected chi connectivity index (χ2v) is 3.69. The minimum atomic E-state index is -0.647. The van der Waals surface area contributed by atoms with Crippen LogP contribution in [0.25, 0.3) is 0 Å². The first-order valence-electron chi connectivity index (χ1n) is 5.38. The smallest absolute Gasteiger partial charge is 0.241 e. The summed E-state index contributed by atoms with van der Waals surface area (Å²) in [6.07, 6.45) is 1.57. The van der Waals surface area contributed by atoms with E-state index in [9.17, 15) is 4.79 Å². The molecule has 0 spiro atoms. The zero-order valence-electron chi connectivity index (χ0n) is 9.71. The zero-order valence-corrected chi connectivity index (χ0v) is 10.5. The summed E-state index contributed by atoms with van der Waals surface area (Å²) >= 11 is 0. The van der Waals surface area contributed by atoms with E-state index >= 15 is 0 Å². The van der Waals surface area contributed by atoms with Gasteiger partial charge in [0.2, 0.25) is 5.91 Å². The number of furan rings is 1. The van der Waals surface area contributed by atoms with Gasteiger partial charge in [0.1, 0.15) is 11.8 Å². The van der Waals surface area contributed by atoms with E-state index in [0.717, 1.165) is 5.56 Å². The molecule has 4 nitrogen and oxygen atoms in total. The molecular weight excluding hydrogens is 252 g/mol. The average molecular weight is 267 g/mol. The van der Waals surface area contributed by atoms with Crippen molar-refractivity contribution in [3.05, 3.63) is 60.1 Å². The molecule has 0 fully saturated rings. The molecule has 0 aliphatic carbocycles. The van der Waals surface area contributed by atoms with Gasteiger partial charge in [-0.3, -0.25) is 4.79 Å². The van der Waals surface area contributed by atoms with Crippen LogP contribution in [0.15, 0.2) is 53.1 Å². The van der Waals surface area contributed by atoms with E-state index in [-0.39, 0.29) is 18.3 Å². The molecule has 1 heterocycles. The van der Waals surface area contributed by atoms with E-state index in [0.29, 0.717) is 12.3 Å². The Morgan fingerprint density at radius 1 is 1.22 bits per heavy atom. The summed E-state index contributed by atoms with van der Waals surface area (Å²) in [4.78, 5) is 11.8. The highest BCUT2D eigenvalue weighted by Crippen LogP contribution is 2.09. The normalized spacial score (nSPS) is 11.4. The highest BCUT2D eigenvalue weighted by Gasteiger charge is 2.14. The van der Waals surface area contributed by atoms with Gasteiger partial charge in [0.25, 0.3) is 0 Å². The monoisotopic (exact) mass is 266 g/mol. The zero-order chi connectivity index (χ0) is 12.1. The number of carbonyl (C=O) groups excluding carboxylic acids is 1. The number of hydrogen-bond donors (Lipinski definition) is 2. The van der Waals surface area contributed by atoms with Crippen molar-refractivity contribution in [3.63, 3.8) is 0 Å². The number of nitrogens with one attached hydrogen (secondary N) is 1. The molecule has 3 N–H and O–H groups in total. The SMILES string of the molecule is Cl.NC(C(=O)NCc1ccco1)c1ccccc1. The van der Waals surface area contributed by atoms with Crippen LogP contribution < -0.4 is 11.1 Å². The largest absolute Gasteiger partial charge is 0.467 e. The van der Waals surface area contributed by atoms with Crippen LogP contribution in [0.3, 0.4) is 0 Å². The van der Waals surface area contributed by atoms with Crippen molar-refractivity contribution < 1.29 is 9.21 Å². The molecular formula is C13H15ClN2O2. The first-order valence-corrected chi connectivity index (χ1v) is 5.38. The van der Waals surface area contributed by atoms with Gasteiger partial charge < -0.3 is 15.5 Å². The molecule has 5 heteroatoms. The van der Waals surface area contributed by atoms with Gasteiger partial charge in [-0.1, -0.05) is 30.3 Å². The lowest BCUT2D eigenvalue weighted by Gasteiger charge is -2.11. The van der Waals surface area contributed by atoms with E-state index in [4.69, 9.17) is 10.2 Å². The summed E-state index contributed by atoms with van der Waals surface area (Å²) in [5.74, 6) is 0.492. The average Bonchev–Trinajstić information content (AvgIpc) is 2.89. The summed E-state index contributed by atoms with van der Waals surface area (Å²) in [5.41, 5.74) is 6.63. The molecule has 18 heavy (non-hydrogen) atoms. The third-order valence-electron chi connectivity index (χ3n) is 2.46. The molecule has 1 aromatic heterocycles. The van der Waals surface area contributed by atoms with E-state index in [1.54, 1.807) is 18.4 Å². The van der Waals surface area contributed by atoms with Crippen molar-refractivity contribution in [1.82, 2.24) is 5.32 Å². The molecule has 0 aliphatic heterocycles. The third-order valence-corrected chi connectivity index (χ3v) is 2.46. The molecule has 1 atom stereocenters. The summed E-state index contributed by atoms with van der Waals surface area (Å²) in [6.45, 7) is 0.354. The number of halogens is 1. The summed E-state index contributed by atoms with van der Waals surface area (Å²) < 4.78 is 5.11. The lowest BCUT2D eigenvalue weighted by atomic mass is 10.1. The summed E-state index contributed by atoms with van der Waals surface area (Å²) in [7, 11) is 0. The second kappa shape index (κ2) is 6.83. The van der Waals surface area contributed by atoms with E-state index in [1.807, 2.05) is 30.3 Å². The lowest BCUT2D eigenvalue weighted by molar-refractivity contribution is -0.122. The molecule has 2 aromatic rings. The molecule has 0 saturated heterocycles. The number of rotatable bonds is 4. The maximum atomic E-state index is 11.8. The lowest BCUT2D eigenvalue weighted by Crippen LogP contribution is -2.33. The van der Waals surface area contributed by atoms with Crippen molar-refractivity contribution in [1.29, 1.82) is 0 Å². The number of hydrogen-bond acceptors (Lipinski definition) is 3.